The molecule has 0 spiro atoms. The van der Waals surface area contributed by atoms with Crippen molar-refractivity contribution in [3.05, 3.63) is 0 Å². The summed E-state index contributed by atoms with van der Waals surface area (Å²) < 4.78 is 0. The third-order valence-corrected chi connectivity index (χ3v) is 3.12. The highest BCUT2D eigenvalue weighted by atomic mass is 16.3. The Labute approximate surface area is 84.9 Å². The van der Waals surface area contributed by atoms with E-state index in [0.717, 1.165) is 19.3 Å². The molecule has 1 rings (SSSR count). The first-order chi connectivity index (χ1) is 6.64. The third kappa shape index (κ3) is 2.25. The standard InChI is InChI=1S/C10H20N2O2/c1-8(3-6-13)12-9(14)10(7-11)4-2-5-10/h8,13H,2-7,11H2,1H3,(H,12,14). The van der Waals surface area contributed by atoms with Gasteiger partial charge in [0, 0.05) is 19.2 Å². The van der Waals surface area contributed by atoms with Crippen LogP contribution in [0, 0.1) is 5.41 Å². The molecule has 0 aromatic rings. The molecular formula is C10H20N2O2. The fourth-order valence-electron chi connectivity index (χ4n) is 1.77. The Morgan fingerprint density at radius 2 is 2.29 bits per heavy atom. The van der Waals surface area contributed by atoms with Crippen molar-refractivity contribution in [1.82, 2.24) is 5.32 Å². The maximum absolute atomic E-state index is 11.8. The highest BCUT2D eigenvalue weighted by molar-refractivity contribution is 5.84. The summed E-state index contributed by atoms with van der Waals surface area (Å²) in [5.41, 5.74) is 5.31. The number of carbonyl (C=O) groups is 1. The van der Waals surface area contributed by atoms with Gasteiger partial charge in [0.15, 0.2) is 0 Å². The molecule has 0 saturated heterocycles. The molecule has 0 radical (unpaired) electrons. The number of amides is 1. The van der Waals surface area contributed by atoms with Crippen molar-refractivity contribution in [2.24, 2.45) is 11.1 Å². The average Bonchev–Trinajstić information content (AvgIpc) is 2.03. The lowest BCUT2D eigenvalue weighted by Crippen LogP contribution is -2.52. The van der Waals surface area contributed by atoms with Crippen molar-refractivity contribution >= 4 is 5.91 Å². The van der Waals surface area contributed by atoms with E-state index in [4.69, 9.17) is 10.8 Å². The normalized spacial score (nSPS) is 21.1. The molecule has 4 heteroatoms. The molecule has 82 valence electrons. The van der Waals surface area contributed by atoms with Gasteiger partial charge in [0.1, 0.15) is 0 Å². The number of hydrogen-bond acceptors (Lipinski definition) is 3. The van der Waals surface area contributed by atoms with Gasteiger partial charge in [-0.3, -0.25) is 4.79 Å². The monoisotopic (exact) mass is 200 g/mol. The molecule has 4 N–H and O–H groups in total. The lowest BCUT2D eigenvalue weighted by atomic mass is 9.68. The van der Waals surface area contributed by atoms with Crippen molar-refractivity contribution in [1.29, 1.82) is 0 Å². The summed E-state index contributed by atoms with van der Waals surface area (Å²) in [6.45, 7) is 2.44. The average molecular weight is 200 g/mol. The molecule has 1 fully saturated rings. The van der Waals surface area contributed by atoms with E-state index in [9.17, 15) is 4.79 Å². The van der Waals surface area contributed by atoms with Gasteiger partial charge in [-0.05, 0) is 26.2 Å². The van der Waals surface area contributed by atoms with Gasteiger partial charge in [-0.15, -0.1) is 0 Å². The molecule has 1 atom stereocenters. The Hall–Kier alpha value is -0.610. The number of carbonyl (C=O) groups excluding carboxylic acids is 1. The Kier molecular flexibility index (Phi) is 3.89. The maximum atomic E-state index is 11.8. The smallest absolute Gasteiger partial charge is 0.227 e. The number of aliphatic hydroxyl groups is 1. The SMILES string of the molecule is CC(CCO)NC(=O)C1(CN)CCC1. The van der Waals surface area contributed by atoms with Crippen molar-refractivity contribution in [2.75, 3.05) is 13.2 Å². The van der Waals surface area contributed by atoms with E-state index in [-0.39, 0.29) is 24.0 Å². The molecular weight excluding hydrogens is 180 g/mol. The van der Waals surface area contributed by atoms with Crippen LogP contribution in [0.1, 0.15) is 32.6 Å². The molecule has 0 aromatic heterocycles. The van der Waals surface area contributed by atoms with Crippen molar-refractivity contribution < 1.29 is 9.90 Å². The van der Waals surface area contributed by atoms with E-state index < -0.39 is 0 Å². The van der Waals surface area contributed by atoms with Crippen molar-refractivity contribution in [2.45, 2.75) is 38.6 Å². The maximum Gasteiger partial charge on any atom is 0.227 e. The van der Waals surface area contributed by atoms with Crippen LogP contribution in [0.15, 0.2) is 0 Å². The second-order valence-corrected chi connectivity index (χ2v) is 4.22. The summed E-state index contributed by atoms with van der Waals surface area (Å²) in [5, 5.41) is 11.6. The van der Waals surface area contributed by atoms with E-state index in [2.05, 4.69) is 5.32 Å². The van der Waals surface area contributed by atoms with Crippen LogP contribution in [0.4, 0.5) is 0 Å². The third-order valence-electron chi connectivity index (χ3n) is 3.12. The number of rotatable bonds is 5. The van der Waals surface area contributed by atoms with E-state index in [0.29, 0.717) is 13.0 Å². The number of aliphatic hydroxyl groups excluding tert-OH is 1. The van der Waals surface area contributed by atoms with Crippen LogP contribution in [-0.4, -0.2) is 30.2 Å². The summed E-state index contributed by atoms with van der Waals surface area (Å²) >= 11 is 0. The highest BCUT2D eigenvalue weighted by Crippen LogP contribution is 2.40. The number of nitrogens with one attached hydrogen (secondary N) is 1. The molecule has 1 aliphatic carbocycles. The van der Waals surface area contributed by atoms with Gasteiger partial charge in [-0.2, -0.15) is 0 Å². The molecule has 1 unspecified atom stereocenters. The van der Waals surface area contributed by atoms with Gasteiger partial charge in [0.05, 0.1) is 5.41 Å². The van der Waals surface area contributed by atoms with Gasteiger partial charge < -0.3 is 16.2 Å². The second kappa shape index (κ2) is 4.75. The zero-order valence-corrected chi connectivity index (χ0v) is 8.75. The summed E-state index contributed by atoms with van der Waals surface area (Å²) in [6, 6.07) is 0.0384. The van der Waals surface area contributed by atoms with Crippen LogP contribution in [0.5, 0.6) is 0 Å². The first-order valence-electron chi connectivity index (χ1n) is 5.26. The first kappa shape index (κ1) is 11.5. The minimum absolute atomic E-state index is 0.0384. The fourth-order valence-corrected chi connectivity index (χ4v) is 1.77. The van der Waals surface area contributed by atoms with Gasteiger partial charge in [-0.25, -0.2) is 0 Å². The zero-order chi connectivity index (χ0) is 10.6. The molecule has 1 aliphatic rings. The molecule has 1 amide bonds. The molecule has 1 saturated carbocycles. The quantitative estimate of drug-likeness (QED) is 0.585. The number of hydrogen-bond donors (Lipinski definition) is 3. The van der Waals surface area contributed by atoms with Gasteiger partial charge in [0.2, 0.25) is 5.91 Å². The molecule has 4 nitrogen and oxygen atoms in total. The number of nitrogens with two attached hydrogens (primary N) is 1. The fraction of sp³-hybridized carbons (Fsp3) is 0.900. The Balaban J connectivity index is 2.40. The van der Waals surface area contributed by atoms with Crippen molar-refractivity contribution in [3.63, 3.8) is 0 Å². The van der Waals surface area contributed by atoms with E-state index in [1.165, 1.54) is 0 Å². The van der Waals surface area contributed by atoms with Crippen LogP contribution in [-0.2, 0) is 4.79 Å². The minimum atomic E-state index is -0.302. The minimum Gasteiger partial charge on any atom is -0.396 e. The summed E-state index contributed by atoms with van der Waals surface area (Å²) in [7, 11) is 0. The summed E-state index contributed by atoms with van der Waals surface area (Å²) in [4.78, 5) is 11.8. The molecule has 0 aliphatic heterocycles. The van der Waals surface area contributed by atoms with Crippen LogP contribution < -0.4 is 11.1 Å². The predicted molar refractivity (Wildman–Crippen MR) is 54.6 cm³/mol. The van der Waals surface area contributed by atoms with E-state index in [1.807, 2.05) is 6.92 Å². The van der Waals surface area contributed by atoms with Crippen LogP contribution >= 0.6 is 0 Å². The van der Waals surface area contributed by atoms with E-state index in [1.54, 1.807) is 0 Å². The Morgan fingerprint density at radius 1 is 1.64 bits per heavy atom. The first-order valence-corrected chi connectivity index (χ1v) is 5.26. The van der Waals surface area contributed by atoms with E-state index >= 15 is 0 Å². The van der Waals surface area contributed by atoms with Gasteiger partial charge >= 0.3 is 0 Å². The predicted octanol–water partition coefficient (Wildman–Crippen LogP) is 0.00250. The second-order valence-electron chi connectivity index (χ2n) is 4.22. The molecule has 0 aromatic carbocycles. The van der Waals surface area contributed by atoms with Gasteiger partial charge in [-0.1, -0.05) is 6.42 Å². The van der Waals surface area contributed by atoms with Crippen molar-refractivity contribution in [3.8, 4) is 0 Å². The summed E-state index contributed by atoms with van der Waals surface area (Å²) in [5.74, 6) is 0.0622. The molecule has 14 heavy (non-hydrogen) atoms. The zero-order valence-electron chi connectivity index (χ0n) is 8.75. The lowest BCUT2D eigenvalue weighted by molar-refractivity contribution is -0.135. The Bertz CT molecular complexity index is 197. The van der Waals surface area contributed by atoms with Crippen LogP contribution in [0.25, 0.3) is 0 Å². The lowest BCUT2D eigenvalue weighted by Gasteiger charge is -2.39. The molecule has 0 bridgehead atoms. The summed E-state index contributed by atoms with van der Waals surface area (Å²) in [6.07, 6.45) is 3.51. The largest absolute Gasteiger partial charge is 0.396 e. The van der Waals surface area contributed by atoms with Crippen LogP contribution in [0.3, 0.4) is 0 Å². The molecule has 0 heterocycles. The highest BCUT2D eigenvalue weighted by Gasteiger charge is 2.42. The Morgan fingerprint density at radius 3 is 2.64 bits per heavy atom. The topological polar surface area (TPSA) is 75.3 Å². The van der Waals surface area contributed by atoms with Gasteiger partial charge in [0.25, 0.3) is 0 Å². The van der Waals surface area contributed by atoms with Crippen LogP contribution in [0.2, 0.25) is 0 Å².